The van der Waals surface area contributed by atoms with Crippen LogP contribution >= 0.6 is 0 Å². The smallest absolute Gasteiger partial charge is 0.152 e. The van der Waals surface area contributed by atoms with Gasteiger partial charge >= 0.3 is 0 Å². The first kappa shape index (κ1) is 19.1. The monoisotopic (exact) mass is 348 g/mol. The van der Waals surface area contributed by atoms with Crippen molar-refractivity contribution in [2.24, 2.45) is 34.5 Å². The molecule has 3 rings (SSSR count). The zero-order valence-corrected chi connectivity index (χ0v) is 16.5. The third kappa shape index (κ3) is 3.12. The molecular formula is C22H36O3. The Labute approximate surface area is 153 Å². The Hall–Kier alpha value is -0.670. The highest BCUT2D eigenvalue weighted by Crippen LogP contribution is 2.63. The molecule has 3 saturated carbocycles. The van der Waals surface area contributed by atoms with Gasteiger partial charge in [-0.2, -0.15) is 0 Å². The van der Waals surface area contributed by atoms with E-state index in [1.165, 1.54) is 18.3 Å². The van der Waals surface area contributed by atoms with Gasteiger partial charge in [0.1, 0.15) is 6.29 Å². The number of aldehydes is 1. The van der Waals surface area contributed by atoms with Crippen molar-refractivity contribution in [1.29, 1.82) is 0 Å². The predicted molar refractivity (Wildman–Crippen MR) is 99.9 cm³/mol. The van der Waals surface area contributed by atoms with Crippen molar-refractivity contribution in [1.82, 2.24) is 0 Å². The molecule has 0 aromatic carbocycles. The number of carbonyl (C=O) groups excluding carboxylic acids is 1. The first-order valence-electron chi connectivity index (χ1n) is 10.2. The summed E-state index contributed by atoms with van der Waals surface area (Å²) in [6.45, 7) is 13.1. The van der Waals surface area contributed by atoms with Crippen LogP contribution in [0.15, 0.2) is 12.2 Å². The lowest BCUT2D eigenvalue weighted by atomic mass is 9.50. The fourth-order valence-electron chi connectivity index (χ4n) is 6.52. The maximum Gasteiger partial charge on any atom is 0.152 e. The van der Waals surface area contributed by atoms with Crippen LogP contribution in [0.25, 0.3) is 0 Å². The third-order valence-corrected chi connectivity index (χ3v) is 8.43. The molecule has 0 spiro atoms. The van der Waals surface area contributed by atoms with E-state index in [2.05, 4.69) is 27.4 Å². The van der Waals surface area contributed by atoms with Crippen LogP contribution in [0.5, 0.6) is 0 Å². The second-order valence-corrected chi connectivity index (χ2v) is 9.56. The molecule has 0 radical (unpaired) electrons. The molecule has 3 nitrogen and oxygen atoms in total. The topological polar surface area (TPSA) is 46.5 Å². The Balaban J connectivity index is 1.79. The van der Waals surface area contributed by atoms with Gasteiger partial charge in [0.2, 0.25) is 0 Å². The molecule has 3 aliphatic carbocycles. The van der Waals surface area contributed by atoms with E-state index in [0.717, 1.165) is 38.5 Å². The molecule has 0 aromatic heterocycles. The van der Waals surface area contributed by atoms with Gasteiger partial charge in [-0.3, -0.25) is 0 Å². The maximum absolute atomic E-state index is 12.2. The molecule has 142 valence electrons. The van der Waals surface area contributed by atoms with Gasteiger partial charge < -0.3 is 14.6 Å². The summed E-state index contributed by atoms with van der Waals surface area (Å²) in [5, 5.41) is 9.53. The molecule has 0 aliphatic heterocycles. The highest BCUT2D eigenvalue weighted by atomic mass is 16.6. The van der Waals surface area contributed by atoms with Gasteiger partial charge in [0, 0.05) is 5.92 Å². The van der Waals surface area contributed by atoms with Gasteiger partial charge in [0.25, 0.3) is 0 Å². The third-order valence-electron chi connectivity index (χ3n) is 8.43. The Kier molecular flexibility index (Phi) is 5.20. The number of aliphatic hydroxyl groups excluding tert-OH is 1. The molecule has 0 aromatic rings. The highest BCUT2D eigenvalue weighted by Gasteiger charge is 2.56. The fraction of sp³-hybridized carbons (Fsp3) is 0.864. The van der Waals surface area contributed by atoms with E-state index in [1.807, 2.05) is 0 Å². The van der Waals surface area contributed by atoms with Crippen LogP contribution in [0.1, 0.15) is 72.6 Å². The van der Waals surface area contributed by atoms with Crippen molar-refractivity contribution in [3.05, 3.63) is 12.2 Å². The van der Waals surface area contributed by atoms with Gasteiger partial charge in [-0.25, -0.2) is 0 Å². The summed E-state index contributed by atoms with van der Waals surface area (Å²) in [6.07, 6.45) is 8.34. The maximum atomic E-state index is 12.2. The summed E-state index contributed by atoms with van der Waals surface area (Å²) in [7, 11) is 0. The standard InChI is InChI=1S/C22H36O3/c1-14-6-7-19-18(13-23)20(9-11-21(14,19)4)22(5)10-8-17(12-15(22)2)25-16(3)24/h13,15-20,24H,1,6-12H2,2-5H3/t15?,16?,17-,18-,19-,20-,21+,22-/m0/s1. The molecular weight excluding hydrogens is 312 g/mol. The van der Waals surface area contributed by atoms with Crippen LogP contribution in [0, 0.1) is 34.5 Å². The number of aliphatic hydroxyl groups is 1. The molecule has 0 bridgehead atoms. The molecule has 3 heteroatoms. The number of allylic oxidation sites excluding steroid dienone is 1. The Bertz CT molecular complexity index is 527. The lowest BCUT2D eigenvalue weighted by Gasteiger charge is -2.55. The van der Waals surface area contributed by atoms with Gasteiger partial charge in [0.15, 0.2) is 6.29 Å². The average molecular weight is 349 g/mol. The summed E-state index contributed by atoms with van der Waals surface area (Å²) >= 11 is 0. The lowest BCUT2D eigenvalue weighted by molar-refractivity contribution is -0.159. The Morgan fingerprint density at radius 1 is 1.24 bits per heavy atom. The SMILES string of the molecule is C=C1CC[C@H]2[C@H](C=O)[C@@H]([C@@]3(C)CC[C@H](OC(C)O)CC3C)CC[C@]12C. The summed E-state index contributed by atoms with van der Waals surface area (Å²) in [4.78, 5) is 12.2. The summed E-state index contributed by atoms with van der Waals surface area (Å²) in [5.41, 5.74) is 1.74. The van der Waals surface area contributed by atoms with E-state index in [0.29, 0.717) is 17.8 Å². The van der Waals surface area contributed by atoms with Crippen molar-refractivity contribution in [3.63, 3.8) is 0 Å². The molecule has 0 heterocycles. The minimum atomic E-state index is -0.691. The number of hydrogen-bond acceptors (Lipinski definition) is 3. The fourth-order valence-corrected chi connectivity index (χ4v) is 6.52. The van der Waals surface area contributed by atoms with Gasteiger partial charge in [0.05, 0.1) is 6.10 Å². The van der Waals surface area contributed by atoms with Gasteiger partial charge in [-0.1, -0.05) is 32.9 Å². The first-order valence-corrected chi connectivity index (χ1v) is 10.2. The number of carbonyl (C=O) groups is 1. The van der Waals surface area contributed by atoms with E-state index < -0.39 is 6.29 Å². The number of fused-ring (bicyclic) bond motifs is 1. The molecule has 1 N–H and O–H groups in total. The average Bonchev–Trinajstić information content (AvgIpc) is 2.85. The second kappa shape index (κ2) is 6.81. The summed E-state index contributed by atoms with van der Waals surface area (Å²) < 4.78 is 5.67. The van der Waals surface area contributed by atoms with E-state index in [4.69, 9.17) is 4.74 Å². The zero-order chi connectivity index (χ0) is 18.4. The molecule has 2 unspecified atom stereocenters. The summed E-state index contributed by atoms with van der Waals surface area (Å²) in [6, 6.07) is 0. The van der Waals surface area contributed by atoms with E-state index >= 15 is 0 Å². The molecule has 3 fully saturated rings. The second-order valence-electron chi connectivity index (χ2n) is 9.56. The lowest BCUT2D eigenvalue weighted by Crippen LogP contribution is -2.50. The van der Waals surface area contributed by atoms with Crippen LogP contribution < -0.4 is 0 Å². The van der Waals surface area contributed by atoms with Gasteiger partial charge in [-0.05, 0) is 80.5 Å². The minimum Gasteiger partial charge on any atom is -0.368 e. The predicted octanol–water partition coefficient (Wildman–Crippen LogP) is 4.73. The molecule has 0 amide bonds. The van der Waals surface area contributed by atoms with Crippen molar-refractivity contribution in [2.75, 3.05) is 0 Å². The number of rotatable bonds is 4. The quantitative estimate of drug-likeness (QED) is 0.454. The van der Waals surface area contributed by atoms with E-state index in [-0.39, 0.29) is 22.9 Å². The number of hydrogen-bond donors (Lipinski definition) is 1. The van der Waals surface area contributed by atoms with Crippen LogP contribution in [0.3, 0.4) is 0 Å². The highest BCUT2D eigenvalue weighted by molar-refractivity contribution is 5.56. The molecule has 3 aliphatic rings. The largest absolute Gasteiger partial charge is 0.368 e. The van der Waals surface area contributed by atoms with Crippen LogP contribution in [0.2, 0.25) is 0 Å². The Morgan fingerprint density at radius 2 is 1.96 bits per heavy atom. The molecule has 0 saturated heterocycles. The summed E-state index contributed by atoms with van der Waals surface area (Å²) in [5.74, 6) is 1.62. The van der Waals surface area contributed by atoms with Crippen molar-refractivity contribution in [2.45, 2.75) is 85.0 Å². The van der Waals surface area contributed by atoms with E-state index in [1.54, 1.807) is 6.92 Å². The van der Waals surface area contributed by atoms with Crippen LogP contribution in [-0.4, -0.2) is 23.8 Å². The van der Waals surface area contributed by atoms with Crippen LogP contribution in [-0.2, 0) is 9.53 Å². The van der Waals surface area contributed by atoms with Crippen molar-refractivity contribution >= 4 is 6.29 Å². The van der Waals surface area contributed by atoms with Crippen molar-refractivity contribution < 1.29 is 14.6 Å². The molecule has 8 atom stereocenters. The first-order chi connectivity index (χ1) is 11.7. The number of ether oxygens (including phenoxy) is 1. The van der Waals surface area contributed by atoms with E-state index in [9.17, 15) is 9.90 Å². The van der Waals surface area contributed by atoms with Gasteiger partial charge in [-0.15, -0.1) is 0 Å². The minimum absolute atomic E-state index is 0.151. The normalized spacial score (nSPS) is 48.8. The molecule has 25 heavy (non-hydrogen) atoms. The Morgan fingerprint density at radius 3 is 2.56 bits per heavy atom. The van der Waals surface area contributed by atoms with Crippen LogP contribution in [0.4, 0.5) is 0 Å². The van der Waals surface area contributed by atoms with Crippen molar-refractivity contribution in [3.8, 4) is 0 Å². The zero-order valence-electron chi connectivity index (χ0n) is 16.5.